The van der Waals surface area contributed by atoms with Crippen LogP contribution in [0.3, 0.4) is 0 Å². The van der Waals surface area contributed by atoms with E-state index < -0.39 is 5.79 Å². The first kappa shape index (κ1) is 20.2. The van der Waals surface area contributed by atoms with Gasteiger partial charge in [0, 0.05) is 29.2 Å². The predicted molar refractivity (Wildman–Crippen MR) is 145 cm³/mol. The highest BCUT2D eigenvalue weighted by Crippen LogP contribution is 2.73. The topological polar surface area (TPSA) is 18.5 Å². The van der Waals surface area contributed by atoms with E-state index in [1.54, 1.807) is 14.2 Å². The van der Waals surface area contributed by atoms with Crippen LogP contribution in [0, 0.1) is 0 Å². The molecule has 35 heavy (non-hydrogen) atoms. The smallest absolute Gasteiger partial charge is 0.182 e. The van der Waals surface area contributed by atoms with Crippen molar-refractivity contribution in [3.05, 3.63) is 95.1 Å². The second-order valence-electron chi connectivity index (χ2n) is 10.7. The van der Waals surface area contributed by atoms with E-state index in [9.17, 15) is 0 Å². The summed E-state index contributed by atoms with van der Waals surface area (Å²) in [6, 6.07) is 27.0. The minimum atomic E-state index is -0.600. The van der Waals surface area contributed by atoms with Gasteiger partial charge in [-0.3, -0.25) is 0 Å². The Morgan fingerprint density at radius 2 is 1.34 bits per heavy atom. The molecule has 0 bridgehead atoms. The molecule has 1 aromatic heterocycles. The first-order valence-corrected chi connectivity index (χ1v) is 13.2. The van der Waals surface area contributed by atoms with Crippen LogP contribution in [0.2, 0.25) is 0 Å². The van der Waals surface area contributed by atoms with Crippen molar-refractivity contribution >= 4 is 32.2 Å². The van der Waals surface area contributed by atoms with Crippen LogP contribution in [0.15, 0.2) is 72.8 Å². The van der Waals surface area contributed by atoms with Crippen LogP contribution >= 0.6 is 11.3 Å². The maximum atomic E-state index is 6.13. The zero-order chi connectivity index (χ0) is 23.7. The highest BCUT2D eigenvalue weighted by atomic mass is 32.1. The minimum absolute atomic E-state index is 0.103. The van der Waals surface area contributed by atoms with Crippen molar-refractivity contribution in [1.82, 2.24) is 0 Å². The van der Waals surface area contributed by atoms with Crippen LogP contribution < -0.4 is 0 Å². The number of rotatable bonds is 2. The summed E-state index contributed by atoms with van der Waals surface area (Å²) in [5.41, 5.74) is 9.74. The molecule has 4 aromatic carbocycles. The SMILES string of the molecule is COC1(OC)C2c3ccc4c(c3-c3c(ccc5ccccc35)C21)C(C)(C)c1c-4sc2ccccc12. The summed E-state index contributed by atoms with van der Waals surface area (Å²) in [6.07, 6.45) is 0. The summed E-state index contributed by atoms with van der Waals surface area (Å²) in [5, 5.41) is 4.00. The molecule has 0 radical (unpaired) electrons. The second kappa shape index (κ2) is 6.41. The quantitative estimate of drug-likeness (QED) is 0.240. The summed E-state index contributed by atoms with van der Waals surface area (Å²) in [7, 11) is 3.59. The molecule has 8 rings (SSSR count). The van der Waals surface area contributed by atoms with Crippen molar-refractivity contribution in [3.63, 3.8) is 0 Å². The second-order valence-corrected chi connectivity index (χ2v) is 11.8. The Balaban J connectivity index is 1.53. The number of fused-ring (bicyclic) bond motifs is 14. The molecule has 0 N–H and O–H groups in total. The van der Waals surface area contributed by atoms with Gasteiger partial charge in [-0.15, -0.1) is 11.3 Å². The van der Waals surface area contributed by atoms with Gasteiger partial charge in [0.25, 0.3) is 0 Å². The van der Waals surface area contributed by atoms with Gasteiger partial charge in [0.2, 0.25) is 0 Å². The van der Waals surface area contributed by atoms with Crippen LogP contribution in [-0.2, 0) is 14.9 Å². The van der Waals surface area contributed by atoms with E-state index in [1.807, 2.05) is 11.3 Å². The highest BCUT2D eigenvalue weighted by Gasteiger charge is 2.71. The van der Waals surface area contributed by atoms with Gasteiger partial charge < -0.3 is 9.47 Å². The average molecular weight is 475 g/mol. The molecule has 1 fully saturated rings. The molecule has 3 aliphatic carbocycles. The summed E-state index contributed by atoms with van der Waals surface area (Å²) in [4.78, 5) is 1.43. The fourth-order valence-corrected chi connectivity index (χ4v) is 8.91. The molecule has 2 unspecified atom stereocenters. The van der Waals surface area contributed by atoms with Gasteiger partial charge in [0.1, 0.15) is 0 Å². The fourth-order valence-electron chi connectivity index (χ4n) is 7.52. The molecule has 0 spiro atoms. The molecule has 0 amide bonds. The largest absolute Gasteiger partial charge is 0.352 e. The molecular weight excluding hydrogens is 448 g/mol. The monoisotopic (exact) mass is 474 g/mol. The number of thiophene rings is 1. The van der Waals surface area contributed by atoms with Gasteiger partial charge in [-0.25, -0.2) is 0 Å². The lowest BCUT2D eigenvalue weighted by Crippen LogP contribution is -2.19. The number of ether oxygens (including phenoxy) is 2. The molecule has 3 aliphatic rings. The zero-order valence-corrected chi connectivity index (χ0v) is 21.1. The van der Waals surface area contributed by atoms with E-state index in [0.717, 1.165) is 0 Å². The molecule has 2 atom stereocenters. The number of methoxy groups -OCH3 is 2. The maximum Gasteiger partial charge on any atom is 0.182 e. The average Bonchev–Trinajstić information content (AvgIpc) is 3.31. The van der Waals surface area contributed by atoms with E-state index in [1.165, 1.54) is 64.7 Å². The first-order chi connectivity index (χ1) is 17.0. The predicted octanol–water partition coefficient (Wildman–Crippen LogP) is 8.21. The summed E-state index contributed by atoms with van der Waals surface area (Å²) >= 11 is 1.94. The van der Waals surface area contributed by atoms with Gasteiger partial charge in [-0.05, 0) is 61.2 Å². The number of benzene rings is 4. The lowest BCUT2D eigenvalue weighted by Gasteiger charge is -2.30. The molecule has 1 saturated carbocycles. The van der Waals surface area contributed by atoms with Crippen molar-refractivity contribution < 1.29 is 9.47 Å². The fraction of sp³-hybridized carbons (Fsp3) is 0.250. The van der Waals surface area contributed by atoms with Gasteiger partial charge in [0.05, 0.1) is 11.8 Å². The van der Waals surface area contributed by atoms with Gasteiger partial charge in [-0.2, -0.15) is 0 Å². The Bertz CT molecular complexity index is 1720. The zero-order valence-electron chi connectivity index (χ0n) is 20.3. The first-order valence-electron chi connectivity index (χ1n) is 12.3. The van der Waals surface area contributed by atoms with Gasteiger partial charge in [0.15, 0.2) is 5.79 Å². The van der Waals surface area contributed by atoms with E-state index in [2.05, 4.69) is 86.6 Å². The summed E-state index contributed by atoms with van der Waals surface area (Å²) in [6.45, 7) is 4.83. The van der Waals surface area contributed by atoms with Crippen molar-refractivity contribution in [2.45, 2.75) is 36.9 Å². The Morgan fingerprint density at radius 3 is 2.11 bits per heavy atom. The summed E-state index contributed by atoms with van der Waals surface area (Å²) < 4.78 is 13.6. The molecule has 3 heteroatoms. The molecule has 172 valence electrons. The Morgan fingerprint density at radius 1 is 0.686 bits per heavy atom. The normalized spacial score (nSPS) is 21.8. The van der Waals surface area contributed by atoms with Crippen LogP contribution in [0.1, 0.15) is 47.9 Å². The Hall–Kier alpha value is -2.98. The van der Waals surface area contributed by atoms with Crippen LogP contribution in [0.5, 0.6) is 0 Å². The lowest BCUT2D eigenvalue weighted by atomic mass is 9.73. The molecule has 0 aliphatic heterocycles. The highest BCUT2D eigenvalue weighted by molar-refractivity contribution is 7.22. The van der Waals surface area contributed by atoms with Crippen molar-refractivity contribution in [2.24, 2.45) is 0 Å². The molecule has 2 nitrogen and oxygen atoms in total. The lowest BCUT2D eigenvalue weighted by molar-refractivity contribution is -0.136. The Kier molecular flexibility index (Phi) is 3.71. The minimum Gasteiger partial charge on any atom is -0.352 e. The van der Waals surface area contributed by atoms with Gasteiger partial charge >= 0.3 is 0 Å². The van der Waals surface area contributed by atoms with Gasteiger partial charge in [-0.1, -0.05) is 80.6 Å². The van der Waals surface area contributed by atoms with E-state index in [-0.39, 0.29) is 17.3 Å². The third-order valence-electron chi connectivity index (χ3n) is 8.94. The van der Waals surface area contributed by atoms with Crippen molar-refractivity contribution in [1.29, 1.82) is 0 Å². The molecule has 1 heterocycles. The third-order valence-corrected chi connectivity index (χ3v) is 10.1. The summed E-state index contributed by atoms with van der Waals surface area (Å²) in [5.74, 6) is -0.184. The number of hydrogen-bond acceptors (Lipinski definition) is 3. The van der Waals surface area contributed by atoms with E-state index in [0.29, 0.717) is 0 Å². The van der Waals surface area contributed by atoms with E-state index in [4.69, 9.17) is 9.47 Å². The molecule has 0 saturated heterocycles. The third kappa shape index (κ3) is 2.20. The van der Waals surface area contributed by atoms with Crippen LogP contribution in [-0.4, -0.2) is 20.0 Å². The van der Waals surface area contributed by atoms with Crippen molar-refractivity contribution in [3.8, 4) is 21.6 Å². The standard InChI is InChI=1S/C32H26O2S/c1-31(2)26-22(30-29(31)19-11-7-8-12-23(19)35-30)16-15-21-25(26)24-18-10-6-5-9-17(18)13-14-20(24)27-28(21)32(27,33-3)34-4/h5-16,27-28H,1-4H3. The van der Waals surface area contributed by atoms with Crippen LogP contribution in [0.4, 0.5) is 0 Å². The number of hydrogen-bond donors (Lipinski definition) is 0. The van der Waals surface area contributed by atoms with E-state index >= 15 is 0 Å². The molecule has 5 aromatic rings. The maximum absolute atomic E-state index is 6.13. The Labute approximate surface area is 209 Å². The van der Waals surface area contributed by atoms with Crippen molar-refractivity contribution in [2.75, 3.05) is 14.2 Å². The van der Waals surface area contributed by atoms with Crippen LogP contribution in [0.25, 0.3) is 42.4 Å². The molecular formula is C32H26O2S.